The molecule has 0 aliphatic heterocycles. The summed E-state index contributed by atoms with van der Waals surface area (Å²) in [6, 6.07) is -2.08. The highest BCUT2D eigenvalue weighted by atomic mass is 16.5. The van der Waals surface area contributed by atoms with Crippen molar-refractivity contribution in [1.29, 1.82) is 0 Å². The van der Waals surface area contributed by atoms with Gasteiger partial charge >= 0.3 is 12.0 Å². The maximum Gasteiger partial charge on any atom is 0.328 e. The van der Waals surface area contributed by atoms with Crippen molar-refractivity contribution >= 4 is 12.0 Å². The second kappa shape index (κ2) is 8.77. The number of methoxy groups -OCH3 is 1. The summed E-state index contributed by atoms with van der Waals surface area (Å²) in [5, 5.41) is 22.1. The fraction of sp³-hybridized carbons (Fsp3) is 0.800. The highest BCUT2D eigenvalue weighted by molar-refractivity contribution is 5.82. The Hall–Kier alpha value is -1.34. The number of rotatable bonds is 8. The zero-order valence-corrected chi connectivity index (χ0v) is 10.1. The van der Waals surface area contributed by atoms with Crippen molar-refractivity contribution in [1.82, 2.24) is 10.6 Å². The first-order chi connectivity index (χ1) is 8.04. The van der Waals surface area contributed by atoms with Crippen LogP contribution in [-0.4, -0.2) is 54.6 Å². The molecule has 7 nitrogen and oxygen atoms in total. The normalized spacial score (nSPS) is 13.8. The number of carbonyl (C=O) groups is 2. The van der Waals surface area contributed by atoms with Gasteiger partial charge in [0.05, 0.1) is 19.3 Å². The number of carboxylic acids is 1. The Morgan fingerprint density at radius 2 is 2.00 bits per heavy atom. The zero-order chi connectivity index (χ0) is 13.3. The molecule has 0 radical (unpaired) electrons. The quantitative estimate of drug-likeness (QED) is 0.465. The number of ether oxygens (including phenoxy) is 1. The molecule has 0 aromatic heterocycles. The SMILES string of the molecule is CCCC(COC)NC(=O)N[C@H](CO)C(=O)O. The summed E-state index contributed by atoms with van der Waals surface area (Å²) in [4.78, 5) is 22.0. The minimum atomic E-state index is -1.29. The maximum absolute atomic E-state index is 11.4. The Morgan fingerprint density at radius 1 is 1.35 bits per heavy atom. The third kappa shape index (κ3) is 6.75. The second-order valence-corrected chi connectivity index (χ2v) is 3.63. The van der Waals surface area contributed by atoms with Crippen molar-refractivity contribution in [2.45, 2.75) is 31.8 Å². The topological polar surface area (TPSA) is 108 Å². The van der Waals surface area contributed by atoms with Gasteiger partial charge in [-0.15, -0.1) is 0 Å². The third-order valence-electron chi connectivity index (χ3n) is 2.13. The van der Waals surface area contributed by atoms with Crippen molar-refractivity contribution in [3.05, 3.63) is 0 Å². The molecule has 17 heavy (non-hydrogen) atoms. The minimum absolute atomic E-state index is 0.168. The highest BCUT2D eigenvalue weighted by Gasteiger charge is 2.20. The Kier molecular flexibility index (Phi) is 8.08. The first kappa shape index (κ1) is 15.7. The largest absolute Gasteiger partial charge is 0.480 e. The molecule has 0 fully saturated rings. The molecule has 0 aliphatic rings. The van der Waals surface area contributed by atoms with Gasteiger partial charge in [-0.2, -0.15) is 0 Å². The average molecular weight is 248 g/mol. The number of amides is 2. The molecule has 0 spiro atoms. The monoisotopic (exact) mass is 248 g/mol. The van der Waals surface area contributed by atoms with Crippen LogP contribution in [0.5, 0.6) is 0 Å². The van der Waals surface area contributed by atoms with Crippen LogP contribution in [0.15, 0.2) is 0 Å². The van der Waals surface area contributed by atoms with Gasteiger partial charge < -0.3 is 25.6 Å². The van der Waals surface area contributed by atoms with Crippen LogP contribution in [-0.2, 0) is 9.53 Å². The van der Waals surface area contributed by atoms with E-state index in [4.69, 9.17) is 14.9 Å². The van der Waals surface area contributed by atoms with E-state index in [0.29, 0.717) is 6.61 Å². The van der Waals surface area contributed by atoms with Gasteiger partial charge in [-0.05, 0) is 6.42 Å². The highest BCUT2D eigenvalue weighted by Crippen LogP contribution is 1.97. The first-order valence-electron chi connectivity index (χ1n) is 5.44. The molecular formula is C10H20N2O5. The van der Waals surface area contributed by atoms with Gasteiger partial charge in [0.1, 0.15) is 0 Å². The van der Waals surface area contributed by atoms with Gasteiger partial charge in [0, 0.05) is 7.11 Å². The fourth-order valence-electron chi connectivity index (χ4n) is 1.32. The van der Waals surface area contributed by atoms with E-state index in [2.05, 4.69) is 10.6 Å². The molecule has 2 amide bonds. The van der Waals surface area contributed by atoms with Crippen LogP contribution in [0.25, 0.3) is 0 Å². The van der Waals surface area contributed by atoms with Crippen LogP contribution in [0, 0.1) is 0 Å². The molecule has 7 heteroatoms. The summed E-state index contributed by atoms with van der Waals surface area (Å²) in [6.45, 7) is 1.68. The fourth-order valence-corrected chi connectivity index (χ4v) is 1.32. The van der Waals surface area contributed by atoms with Crippen molar-refractivity contribution in [2.75, 3.05) is 20.3 Å². The number of carboxylic acid groups (broad SMARTS) is 1. The molecule has 0 aromatic carbocycles. The average Bonchev–Trinajstić information content (AvgIpc) is 2.26. The molecule has 0 bridgehead atoms. The molecule has 0 aromatic rings. The van der Waals surface area contributed by atoms with Crippen molar-refractivity contribution in [3.63, 3.8) is 0 Å². The number of nitrogens with one attached hydrogen (secondary N) is 2. The number of hydrogen-bond acceptors (Lipinski definition) is 4. The maximum atomic E-state index is 11.4. The van der Waals surface area contributed by atoms with Crippen molar-refractivity contribution in [3.8, 4) is 0 Å². The first-order valence-corrected chi connectivity index (χ1v) is 5.44. The summed E-state index contributed by atoms with van der Waals surface area (Å²) in [6.07, 6.45) is 1.61. The lowest BCUT2D eigenvalue weighted by atomic mass is 10.2. The van der Waals surface area contributed by atoms with E-state index in [9.17, 15) is 9.59 Å². The molecule has 100 valence electrons. The van der Waals surface area contributed by atoms with Gasteiger partial charge in [0.25, 0.3) is 0 Å². The summed E-state index contributed by atoms with van der Waals surface area (Å²) >= 11 is 0. The third-order valence-corrected chi connectivity index (χ3v) is 2.13. The molecule has 2 atom stereocenters. The van der Waals surface area contributed by atoms with Crippen molar-refractivity contribution in [2.24, 2.45) is 0 Å². The molecule has 0 aliphatic carbocycles. The van der Waals surface area contributed by atoms with E-state index in [0.717, 1.165) is 12.8 Å². The van der Waals surface area contributed by atoms with E-state index in [1.807, 2.05) is 6.92 Å². The van der Waals surface area contributed by atoms with Crippen molar-refractivity contribution < 1.29 is 24.5 Å². The van der Waals surface area contributed by atoms with Crippen LogP contribution < -0.4 is 10.6 Å². The van der Waals surface area contributed by atoms with E-state index < -0.39 is 24.6 Å². The molecule has 0 heterocycles. The lowest BCUT2D eigenvalue weighted by Gasteiger charge is -2.19. The van der Waals surface area contributed by atoms with Gasteiger partial charge in [0.15, 0.2) is 6.04 Å². The van der Waals surface area contributed by atoms with Crippen LogP contribution in [0.1, 0.15) is 19.8 Å². The van der Waals surface area contributed by atoms with Crippen LogP contribution in [0.3, 0.4) is 0 Å². The lowest BCUT2D eigenvalue weighted by Crippen LogP contribution is -2.51. The molecule has 4 N–H and O–H groups in total. The number of carbonyl (C=O) groups excluding carboxylic acids is 1. The Labute approximate surface area is 100 Å². The number of urea groups is 1. The van der Waals surface area contributed by atoms with Gasteiger partial charge in [-0.3, -0.25) is 0 Å². The van der Waals surface area contributed by atoms with E-state index in [1.165, 1.54) is 7.11 Å². The van der Waals surface area contributed by atoms with E-state index in [-0.39, 0.29) is 6.04 Å². The standard InChI is InChI=1S/C10H20N2O5/c1-3-4-7(6-17-2)11-10(16)12-8(5-13)9(14)15/h7-8,13H,3-6H2,1-2H3,(H,14,15)(H2,11,12,16)/t7?,8-/m1/s1. The summed E-state index contributed by atoms with van der Waals surface area (Å²) in [5.41, 5.74) is 0. The summed E-state index contributed by atoms with van der Waals surface area (Å²) in [5.74, 6) is -1.28. The van der Waals surface area contributed by atoms with E-state index >= 15 is 0 Å². The molecule has 0 saturated carbocycles. The second-order valence-electron chi connectivity index (χ2n) is 3.63. The number of aliphatic carboxylic acids is 1. The van der Waals surface area contributed by atoms with Gasteiger partial charge in [0.2, 0.25) is 0 Å². The Bertz CT molecular complexity index is 241. The number of hydrogen-bond donors (Lipinski definition) is 4. The minimum Gasteiger partial charge on any atom is -0.480 e. The molecule has 1 unspecified atom stereocenters. The molecular weight excluding hydrogens is 228 g/mol. The predicted octanol–water partition coefficient (Wildman–Crippen LogP) is -0.454. The summed E-state index contributed by atoms with van der Waals surface area (Å²) < 4.78 is 4.93. The lowest BCUT2D eigenvalue weighted by molar-refractivity contribution is -0.140. The van der Waals surface area contributed by atoms with Crippen LogP contribution in [0.2, 0.25) is 0 Å². The van der Waals surface area contributed by atoms with Gasteiger partial charge in [-0.25, -0.2) is 9.59 Å². The smallest absolute Gasteiger partial charge is 0.328 e. The van der Waals surface area contributed by atoms with Gasteiger partial charge in [-0.1, -0.05) is 13.3 Å². The predicted molar refractivity (Wildman–Crippen MR) is 60.7 cm³/mol. The van der Waals surface area contributed by atoms with E-state index in [1.54, 1.807) is 0 Å². The molecule has 0 rings (SSSR count). The summed E-state index contributed by atoms with van der Waals surface area (Å²) in [7, 11) is 1.52. The Morgan fingerprint density at radius 3 is 2.41 bits per heavy atom. The van der Waals surface area contributed by atoms with Crippen LogP contribution >= 0.6 is 0 Å². The Balaban J connectivity index is 4.16. The number of aliphatic hydroxyl groups excluding tert-OH is 1. The molecule has 0 saturated heterocycles. The van der Waals surface area contributed by atoms with Crippen LogP contribution in [0.4, 0.5) is 4.79 Å². The number of aliphatic hydroxyl groups is 1. The zero-order valence-electron chi connectivity index (χ0n) is 10.1.